The molecule has 2 N–H and O–H groups in total. The molecule has 6 nitrogen and oxygen atoms in total. The molecule has 0 bridgehead atoms. The quantitative estimate of drug-likeness (QED) is 0.393. The first-order valence-corrected chi connectivity index (χ1v) is 11.8. The van der Waals surface area contributed by atoms with Crippen LogP contribution in [0.1, 0.15) is 37.7 Å². The van der Waals surface area contributed by atoms with Gasteiger partial charge in [0.1, 0.15) is 5.75 Å². The minimum absolute atomic E-state index is 0.00823. The van der Waals surface area contributed by atoms with Crippen LogP contribution in [0, 0.1) is 0 Å². The van der Waals surface area contributed by atoms with Crippen LogP contribution in [0.5, 0.6) is 17.5 Å². The number of halogens is 1. The van der Waals surface area contributed by atoms with Crippen LogP contribution in [0.4, 0.5) is 5.95 Å². The molecule has 1 saturated carbocycles. The number of hydrogen-bond acceptors (Lipinski definition) is 5. The average Bonchev–Trinajstić information content (AvgIpc) is 2.84. The van der Waals surface area contributed by atoms with Gasteiger partial charge in [-0.1, -0.05) is 61.2 Å². The van der Waals surface area contributed by atoms with Crippen LogP contribution < -0.4 is 20.1 Å². The summed E-state index contributed by atoms with van der Waals surface area (Å²) in [5, 5.41) is 7.66. The van der Waals surface area contributed by atoms with Crippen molar-refractivity contribution in [1.82, 2.24) is 15.3 Å². The molecular formula is C25H27ClN4O2S. The van der Waals surface area contributed by atoms with Crippen molar-refractivity contribution in [1.29, 1.82) is 0 Å². The molecule has 2 aromatic carbocycles. The second-order valence-electron chi connectivity index (χ2n) is 8.15. The number of thiocarbonyl (C=S) groups is 1. The molecule has 0 amide bonds. The van der Waals surface area contributed by atoms with E-state index in [0.717, 1.165) is 17.9 Å². The van der Waals surface area contributed by atoms with Crippen LogP contribution in [0.3, 0.4) is 0 Å². The van der Waals surface area contributed by atoms with Gasteiger partial charge in [0, 0.05) is 17.0 Å². The number of rotatable bonds is 7. The maximum atomic E-state index is 6.30. The van der Waals surface area contributed by atoms with E-state index in [2.05, 4.69) is 32.7 Å². The summed E-state index contributed by atoms with van der Waals surface area (Å²) in [6.07, 6.45) is 5.81. The number of nitrogens with zero attached hydrogens (tertiary/aromatic N) is 2. The van der Waals surface area contributed by atoms with Gasteiger partial charge in [0.15, 0.2) is 5.11 Å². The van der Waals surface area contributed by atoms with Gasteiger partial charge in [-0.25, -0.2) is 0 Å². The van der Waals surface area contributed by atoms with E-state index in [-0.39, 0.29) is 5.41 Å². The van der Waals surface area contributed by atoms with Crippen molar-refractivity contribution in [2.75, 3.05) is 19.0 Å². The van der Waals surface area contributed by atoms with E-state index in [0.29, 0.717) is 35.1 Å². The predicted octanol–water partition coefficient (Wildman–Crippen LogP) is 6.12. The number of benzene rings is 2. The Labute approximate surface area is 204 Å². The summed E-state index contributed by atoms with van der Waals surface area (Å²) in [7, 11) is 1.55. The van der Waals surface area contributed by atoms with Gasteiger partial charge in [-0.3, -0.25) is 0 Å². The fourth-order valence-corrected chi connectivity index (χ4v) is 4.59. The molecule has 1 heterocycles. The molecule has 4 rings (SSSR count). The number of methoxy groups -OCH3 is 1. The van der Waals surface area contributed by atoms with E-state index in [1.165, 1.54) is 24.8 Å². The first-order chi connectivity index (χ1) is 16.1. The highest BCUT2D eigenvalue weighted by atomic mass is 35.5. The monoisotopic (exact) mass is 482 g/mol. The van der Waals surface area contributed by atoms with Crippen molar-refractivity contribution < 1.29 is 9.47 Å². The van der Waals surface area contributed by atoms with Gasteiger partial charge < -0.3 is 20.1 Å². The van der Waals surface area contributed by atoms with Crippen molar-refractivity contribution in [2.45, 2.75) is 37.5 Å². The highest BCUT2D eigenvalue weighted by Crippen LogP contribution is 2.39. The molecule has 0 spiro atoms. The fourth-order valence-electron chi connectivity index (χ4n) is 4.24. The summed E-state index contributed by atoms with van der Waals surface area (Å²) in [5.41, 5.74) is 1.24. The van der Waals surface area contributed by atoms with Gasteiger partial charge in [0.25, 0.3) is 0 Å². The number of hydrogen-bond donors (Lipinski definition) is 2. The Kier molecular flexibility index (Phi) is 7.62. The van der Waals surface area contributed by atoms with Gasteiger partial charge in [-0.15, -0.1) is 0 Å². The second-order valence-corrected chi connectivity index (χ2v) is 8.99. The van der Waals surface area contributed by atoms with E-state index >= 15 is 0 Å². The van der Waals surface area contributed by atoms with E-state index in [4.69, 9.17) is 33.3 Å². The summed E-state index contributed by atoms with van der Waals surface area (Å²) in [5.74, 6) is 1.72. The molecule has 0 atom stereocenters. The molecule has 172 valence electrons. The molecule has 1 aliphatic rings. The van der Waals surface area contributed by atoms with Crippen molar-refractivity contribution in [3.63, 3.8) is 0 Å². The topological polar surface area (TPSA) is 68.3 Å². The Bertz CT molecular complexity index is 1090. The first-order valence-electron chi connectivity index (χ1n) is 11.0. The number of para-hydroxylation sites is 1. The largest absolute Gasteiger partial charge is 0.481 e. The second kappa shape index (κ2) is 10.8. The van der Waals surface area contributed by atoms with E-state index in [1.807, 2.05) is 42.5 Å². The highest BCUT2D eigenvalue weighted by Gasteiger charge is 2.34. The van der Waals surface area contributed by atoms with Gasteiger partial charge in [0.05, 0.1) is 13.2 Å². The van der Waals surface area contributed by atoms with Crippen molar-refractivity contribution in [3.05, 3.63) is 71.2 Å². The molecule has 0 saturated heterocycles. The van der Waals surface area contributed by atoms with Gasteiger partial charge in [-0.05, 0) is 54.9 Å². The SMILES string of the molecule is COc1cc(Oc2ccccc2)nc(NC(=S)NCC2(c3cccc(Cl)c3)CCCCC2)n1. The third-order valence-electron chi connectivity index (χ3n) is 5.91. The maximum Gasteiger partial charge on any atom is 0.235 e. The fraction of sp³-hybridized carbons (Fsp3) is 0.320. The van der Waals surface area contributed by atoms with Crippen LogP contribution in [0.2, 0.25) is 5.02 Å². The Morgan fingerprint density at radius 2 is 1.76 bits per heavy atom. The minimum atomic E-state index is -0.00823. The summed E-state index contributed by atoms with van der Waals surface area (Å²) >= 11 is 11.9. The Hall–Kier alpha value is -2.90. The van der Waals surface area contributed by atoms with Crippen molar-refractivity contribution in [3.8, 4) is 17.5 Å². The standard InChI is InChI=1S/C25H27ClN4O2S/c1-31-21-16-22(32-20-11-4-2-5-12-20)29-23(28-21)30-24(33)27-17-25(13-6-3-7-14-25)18-9-8-10-19(26)15-18/h2,4-5,8-12,15-16H,3,6-7,13-14,17H2,1H3,(H2,27,28,29,30,33). The zero-order valence-electron chi connectivity index (χ0n) is 18.5. The van der Waals surface area contributed by atoms with E-state index in [1.54, 1.807) is 13.2 Å². The van der Waals surface area contributed by atoms with E-state index < -0.39 is 0 Å². The van der Waals surface area contributed by atoms with Gasteiger partial charge >= 0.3 is 0 Å². The molecule has 0 radical (unpaired) electrons. The predicted molar refractivity (Wildman–Crippen MR) is 136 cm³/mol. The Morgan fingerprint density at radius 1 is 1.00 bits per heavy atom. The summed E-state index contributed by atoms with van der Waals surface area (Å²) < 4.78 is 11.1. The Balaban J connectivity index is 1.46. The van der Waals surface area contributed by atoms with Crippen LogP contribution in [-0.4, -0.2) is 28.7 Å². The third kappa shape index (κ3) is 6.12. The lowest BCUT2D eigenvalue weighted by Gasteiger charge is -2.38. The molecule has 0 aliphatic heterocycles. The normalized spacial score (nSPS) is 14.8. The smallest absolute Gasteiger partial charge is 0.235 e. The van der Waals surface area contributed by atoms with Crippen LogP contribution in [0.25, 0.3) is 0 Å². The van der Waals surface area contributed by atoms with Gasteiger partial charge in [0.2, 0.25) is 17.7 Å². The maximum absolute atomic E-state index is 6.30. The minimum Gasteiger partial charge on any atom is -0.481 e. The average molecular weight is 483 g/mol. The molecular weight excluding hydrogens is 456 g/mol. The van der Waals surface area contributed by atoms with Gasteiger partial charge in [-0.2, -0.15) is 9.97 Å². The molecule has 33 heavy (non-hydrogen) atoms. The lowest BCUT2D eigenvalue weighted by molar-refractivity contribution is 0.292. The molecule has 3 aromatic rings. The number of ether oxygens (including phenoxy) is 2. The summed E-state index contributed by atoms with van der Waals surface area (Å²) in [6, 6.07) is 19.2. The van der Waals surface area contributed by atoms with Crippen molar-refractivity contribution >= 4 is 34.9 Å². The van der Waals surface area contributed by atoms with Crippen LogP contribution >= 0.6 is 23.8 Å². The third-order valence-corrected chi connectivity index (χ3v) is 6.40. The first kappa shape index (κ1) is 23.3. The lowest BCUT2D eigenvalue weighted by atomic mass is 9.69. The molecule has 1 aromatic heterocycles. The Morgan fingerprint density at radius 3 is 2.48 bits per heavy atom. The van der Waals surface area contributed by atoms with Crippen LogP contribution in [0.15, 0.2) is 60.7 Å². The molecule has 1 fully saturated rings. The zero-order chi connectivity index (χ0) is 23.1. The zero-order valence-corrected chi connectivity index (χ0v) is 20.1. The lowest BCUT2D eigenvalue weighted by Crippen LogP contribution is -2.43. The van der Waals surface area contributed by atoms with Crippen molar-refractivity contribution in [2.24, 2.45) is 0 Å². The molecule has 8 heteroatoms. The number of aromatic nitrogens is 2. The molecule has 0 unspecified atom stereocenters. The summed E-state index contributed by atoms with van der Waals surface area (Å²) in [6.45, 7) is 0.705. The highest BCUT2D eigenvalue weighted by molar-refractivity contribution is 7.80. The van der Waals surface area contributed by atoms with E-state index in [9.17, 15) is 0 Å². The molecule has 1 aliphatic carbocycles. The van der Waals surface area contributed by atoms with Crippen LogP contribution in [-0.2, 0) is 5.41 Å². The number of nitrogens with one attached hydrogen (secondary N) is 2. The summed E-state index contributed by atoms with van der Waals surface area (Å²) in [4.78, 5) is 8.78. The number of anilines is 1.